The number of nitrogens with zero attached hydrogens (tertiary/aromatic N) is 3. The van der Waals surface area contributed by atoms with Crippen LogP contribution in [0, 0.1) is 0 Å². The van der Waals surface area contributed by atoms with Crippen molar-refractivity contribution in [1.82, 2.24) is 4.90 Å². The Morgan fingerprint density at radius 3 is 2.57 bits per heavy atom. The van der Waals surface area contributed by atoms with Gasteiger partial charge in [-0.1, -0.05) is 39.0 Å². The Labute approximate surface area is 131 Å². The van der Waals surface area contributed by atoms with Crippen LogP contribution in [0.15, 0.2) is 47.1 Å². The lowest BCUT2D eigenvalue weighted by atomic mass is 9.87. The number of ether oxygens (including phenoxy) is 1. The molecule has 1 aromatic carbocycles. The van der Waals surface area contributed by atoms with Crippen molar-refractivity contribution in [2.24, 2.45) is 10.2 Å². The molecule has 5 heteroatoms. The molecule has 0 aromatic heterocycles. The second-order valence-corrected chi connectivity index (χ2v) is 6.37. The van der Waals surface area contributed by atoms with Crippen LogP contribution in [0.2, 0.25) is 0 Å². The highest BCUT2D eigenvalue weighted by Crippen LogP contribution is 2.24. The van der Waals surface area contributed by atoms with Crippen molar-refractivity contribution in [2.75, 3.05) is 13.2 Å². The maximum atomic E-state index is 5.79. The van der Waals surface area contributed by atoms with E-state index in [1.807, 2.05) is 17.0 Å². The minimum absolute atomic E-state index is 0.144. The Morgan fingerprint density at radius 2 is 2.00 bits per heavy atom. The second-order valence-electron chi connectivity index (χ2n) is 6.01. The van der Waals surface area contributed by atoms with Crippen molar-refractivity contribution < 1.29 is 4.74 Å². The summed E-state index contributed by atoms with van der Waals surface area (Å²) in [6.45, 7) is 11.3. The monoisotopic (exact) mass is 303 g/mol. The minimum atomic E-state index is -0.169. The molecule has 0 aliphatic carbocycles. The molecule has 1 atom stereocenters. The molecule has 0 saturated carbocycles. The first kappa shape index (κ1) is 15.6. The maximum absolute atomic E-state index is 5.79. The SMILES string of the molecule is C=CCN1C(=S)N=NC1COc1ccc(C(C)(C)C)cc1. The summed E-state index contributed by atoms with van der Waals surface area (Å²) in [5.74, 6) is 0.828. The van der Waals surface area contributed by atoms with Crippen LogP contribution in [0.4, 0.5) is 0 Å². The highest BCUT2D eigenvalue weighted by molar-refractivity contribution is 7.80. The average molecular weight is 303 g/mol. The molecular weight excluding hydrogens is 282 g/mol. The fourth-order valence-electron chi connectivity index (χ4n) is 2.05. The molecule has 112 valence electrons. The molecule has 0 fully saturated rings. The summed E-state index contributed by atoms with van der Waals surface area (Å²) >= 11 is 5.13. The molecule has 0 spiro atoms. The third-order valence-electron chi connectivity index (χ3n) is 3.33. The lowest BCUT2D eigenvalue weighted by Crippen LogP contribution is -2.36. The summed E-state index contributed by atoms with van der Waals surface area (Å²) in [5.41, 5.74) is 1.43. The first-order chi connectivity index (χ1) is 9.91. The van der Waals surface area contributed by atoms with Gasteiger partial charge in [0.1, 0.15) is 12.4 Å². The Hall–Kier alpha value is -1.75. The number of rotatable bonds is 5. The Bertz CT molecular complexity index is 546. The minimum Gasteiger partial charge on any atom is -0.489 e. The summed E-state index contributed by atoms with van der Waals surface area (Å²) in [6.07, 6.45) is 1.62. The first-order valence-corrected chi connectivity index (χ1v) is 7.38. The van der Waals surface area contributed by atoms with Crippen LogP contribution in [0.25, 0.3) is 0 Å². The smallest absolute Gasteiger partial charge is 0.218 e. The second kappa shape index (κ2) is 6.35. The van der Waals surface area contributed by atoms with Gasteiger partial charge in [0, 0.05) is 6.54 Å². The van der Waals surface area contributed by atoms with E-state index >= 15 is 0 Å². The molecule has 1 aliphatic heterocycles. The Kier molecular flexibility index (Phi) is 4.73. The van der Waals surface area contributed by atoms with Crippen LogP contribution in [-0.2, 0) is 5.41 Å². The molecule has 21 heavy (non-hydrogen) atoms. The zero-order valence-electron chi connectivity index (χ0n) is 12.7. The molecule has 0 bridgehead atoms. The van der Waals surface area contributed by atoms with Gasteiger partial charge in [0.2, 0.25) is 5.11 Å². The molecule has 0 saturated heterocycles. The van der Waals surface area contributed by atoms with Gasteiger partial charge in [0.05, 0.1) is 0 Å². The van der Waals surface area contributed by atoms with Gasteiger partial charge in [0.25, 0.3) is 0 Å². The predicted octanol–water partition coefficient (Wildman–Crippen LogP) is 3.93. The van der Waals surface area contributed by atoms with E-state index in [9.17, 15) is 0 Å². The van der Waals surface area contributed by atoms with E-state index in [0.29, 0.717) is 18.3 Å². The van der Waals surface area contributed by atoms with Gasteiger partial charge in [-0.15, -0.1) is 11.7 Å². The van der Waals surface area contributed by atoms with Gasteiger partial charge in [-0.25, -0.2) is 0 Å². The zero-order chi connectivity index (χ0) is 15.5. The van der Waals surface area contributed by atoms with E-state index in [1.165, 1.54) is 5.56 Å². The van der Waals surface area contributed by atoms with E-state index in [2.05, 4.69) is 49.7 Å². The Morgan fingerprint density at radius 1 is 1.33 bits per heavy atom. The van der Waals surface area contributed by atoms with Crippen molar-refractivity contribution >= 4 is 17.3 Å². The van der Waals surface area contributed by atoms with Gasteiger partial charge in [-0.05, 0) is 35.3 Å². The molecule has 1 aromatic rings. The van der Waals surface area contributed by atoms with Crippen molar-refractivity contribution in [3.63, 3.8) is 0 Å². The molecule has 2 rings (SSSR count). The number of benzene rings is 1. The quantitative estimate of drug-likeness (QED) is 0.611. The molecule has 1 unspecified atom stereocenters. The topological polar surface area (TPSA) is 37.2 Å². The summed E-state index contributed by atoms with van der Waals surface area (Å²) in [5, 5.41) is 8.55. The van der Waals surface area contributed by atoms with Gasteiger partial charge in [-0.3, -0.25) is 0 Å². The molecule has 1 heterocycles. The van der Waals surface area contributed by atoms with Crippen LogP contribution in [-0.4, -0.2) is 29.3 Å². The lowest BCUT2D eigenvalue weighted by Gasteiger charge is -2.22. The van der Waals surface area contributed by atoms with Gasteiger partial charge >= 0.3 is 0 Å². The maximum Gasteiger partial charge on any atom is 0.218 e. The normalized spacial score (nSPS) is 18.1. The van der Waals surface area contributed by atoms with Gasteiger partial charge < -0.3 is 9.64 Å². The summed E-state index contributed by atoms with van der Waals surface area (Å²) < 4.78 is 5.79. The fraction of sp³-hybridized carbons (Fsp3) is 0.438. The molecule has 0 amide bonds. The number of azo groups is 1. The lowest BCUT2D eigenvalue weighted by molar-refractivity contribution is 0.220. The molecular formula is C16H21N3OS. The average Bonchev–Trinajstić information content (AvgIpc) is 2.78. The van der Waals surface area contributed by atoms with Crippen LogP contribution >= 0.6 is 12.2 Å². The van der Waals surface area contributed by atoms with Crippen molar-refractivity contribution in [3.05, 3.63) is 42.5 Å². The molecule has 0 radical (unpaired) electrons. The van der Waals surface area contributed by atoms with E-state index in [4.69, 9.17) is 17.0 Å². The molecule has 1 aliphatic rings. The number of thiocarbonyl (C=S) groups is 1. The first-order valence-electron chi connectivity index (χ1n) is 6.97. The van der Waals surface area contributed by atoms with Gasteiger partial charge in [-0.2, -0.15) is 5.11 Å². The van der Waals surface area contributed by atoms with Crippen LogP contribution in [0.3, 0.4) is 0 Å². The van der Waals surface area contributed by atoms with Crippen LogP contribution in [0.1, 0.15) is 26.3 Å². The van der Waals surface area contributed by atoms with Crippen molar-refractivity contribution in [3.8, 4) is 5.75 Å². The summed E-state index contributed by atoms with van der Waals surface area (Å²) in [4.78, 5) is 1.89. The van der Waals surface area contributed by atoms with E-state index in [-0.39, 0.29) is 11.6 Å². The third-order valence-corrected chi connectivity index (χ3v) is 3.64. The third kappa shape index (κ3) is 3.88. The van der Waals surface area contributed by atoms with Crippen molar-refractivity contribution in [2.45, 2.75) is 32.4 Å². The predicted molar refractivity (Wildman–Crippen MR) is 88.8 cm³/mol. The fourth-order valence-corrected chi connectivity index (χ4v) is 2.29. The van der Waals surface area contributed by atoms with E-state index < -0.39 is 0 Å². The van der Waals surface area contributed by atoms with E-state index in [1.54, 1.807) is 6.08 Å². The molecule has 0 N–H and O–H groups in total. The van der Waals surface area contributed by atoms with Crippen LogP contribution < -0.4 is 4.74 Å². The van der Waals surface area contributed by atoms with E-state index in [0.717, 1.165) is 5.75 Å². The number of hydrogen-bond acceptors (Lipinski definition) is 3. The van der Waals surface area contributed by atoms with Crippen molar-refractivity contribution in [1.29, 1.82) is 0 Å². The highest BCUT2D eigenvalue weighted by Gasteiger charge is 2.25. The highest BCUT2D eigenvalue weighted by atomic mass is 32.1. The van der Waals surface area contributed by atoms with Gasteiger partial charge in [0.15, 0.2) is 6.17 Å². The largest absolute Gasteiger partial charge is 0.489 e. The number of hydrogen-bond donors (Lipinski definition) is 0. The molecule has 4 nitrogen and oxygen atoms in total. The standard InChI is InChI=1S/C16H21N3OS/c1-5-10-19-14(17-18-15(19)21)11-20-13-8-6-12(7-9-13)16(2,3)4/h5-9,14H,1,10-11H2,2-4H3. The summed E-state index contributed by atoms with van der Waals surface area (Å²) in [7, 11) is 0. The van der Waals surface area contributed by atoms with Crippen LogP contribution in [0.5, 0.6) is 5.75 Å². The summed E-state index contributed by atoms with van der Waals surface area (Å²) in [6, 6.07) is 8.17. The zero-order valence-corrected chi connectivity index (χ0v) is 13.6. The Balaban J connectivity index is 1.95.